The van der Waals surface area contributed by atoms with Crippen molar-refractivity contribution < 1.29 is 0 Å². The maximum Gasteiger partial charge on any atom is 0.0131 e. The molecular weight excluding hydrogens is 398 g/mol. The van der Waals surface area contributed by atoms with E-state index in [-0.39, 0.29) is 0 Å². The van der Waals surface area contributed by atoms with Crippen LogP contribution < -0.4 is 0 Å². The minimum absolute atomic E-state index is 1.29. The number of rotatable bonds is 0. The van der Waals surface area contributed by atoms with Gasteiger partial charge in [-0.2, -0.15) is 0 Å². The van der Waals surface area contributed by atoms with Crippen molar-refractivity contribution in [2.75, 3.05) is 0 Å². The molecule has 0 amide bonds. The Balaban J connectivity index is 0.000000146. The van der Waals surface area contributed by atoms with Gasteiger partial charge in [0.15, 0.2) is 0 Å². The Hall–Kier alpha value is -0.100. The molecule has 14 heavy (non-hydrogen) atoms. The van der Waals surface area contributed by atoms with E-state index in [0.717, 1.165) is 0 Å². The Bertz CT molecular complexity index is 293. The highest BCUT2D eigenvalue weighted by molar-refractivity contribution is 14.1. The Morgan fingerprint density at radius 1 is 0.500 bits per heavy atom. The minimum Gasteiger partial charge on any atom is -0.0623 e. The molecule has 2 aromatic carbocycles. The Kier molecular flexibility index (Phi) is 6.18. The van der Waals surface area contributed by atoms with Gasteiger partial charge in [-0.15, -0.1) is 0 Å². The van der Waals surface area contributed by atoms with E-state index in [9.17, 15) is 0 Å². The van der Waals surface area contributed by atoms with Crippen LogP contribution in [0.5, 0.6) is 0 Å². The van der Waals surface area contributed by atoms with Gasteiger partial charge in [-0.1, -0.05) is 36.4 Å². The largest absolute Gasteiger partial charge is 0.0623 e. The molecular formula is C12H10I2. The highest BCUT2D eigenvalue weighted by Crippen LogP contribution is 2.07. The average Bonchev–Trinajstić information content (AvgIpc) is 2.26. The summed E-state index contributed by atoms with van der Waals surface area (Å²) in [5.41, 5.74) is 0. The van der Waals surface area contributed by atoms with Gasteiger partial charge in [0.1, 0.15) is 0 Å². The summed E-state index contributed by atoms with van der Waals surface area (Å²) in [6, 6.07) is 20.4. The molecule has 0 fully saturated rings. The molecule has 0 saturated carbocycles. The third-order valence-electron chi connectivity index (χ3n) is 1.47. The summed E-state index contributed by atoms with van der Waals surface area (Å²) in [6.45, 7) is 0. The number of hydrogen-bond acceptors (Lipinski definition) is 0. The van der Waals surface area contributed by atoms with Gasteiger partial charge in [0, 0.05) is 7.14 Å². The zero-order valence-corrected chi connectivity index (χ0v) is 11.8. The summed E-state index contributed by atoms with van der Waals surface area (Å²) in [7, 11) is 0. The highest BCUT2D eigenvalue weighted by atomic mass is 127. The molecule has 0 nitrogen and oxygen atoms in total. The van der Waals surface area contributed by atoms with E-state index in [1.165, 1.54) is 7.14 Å². The van der Waals surface area contributed by atoms with Crippen LogP contribution in [0.4, 0.5) is 0 Å². The van der Waals surface area contributed by atoms with Gasteiger partial charge in [0.2, 0.25) is 0 Å². The summed E-state index contributed by atoms with van der Waals surface area (Å²) in [6.07, 6.45) is 0. The van der Waals surface area contributed by atoms with E-state index in [1.54, 1.807) is 0 Å². The molecule has 0 radical (unpaired) electrons. The van der Waals surface area contributed by atoms with Crippen molar-refractivity contribution in [2.24, 2.45) is 0 Å². The van der Waals surface area contributed by atoms with Gasteiger partial charge in [-0.05, 0) is 69.4 Å². The van der Waals surface area contributed by atoms with E-state index in [2.05, 4.69) is 69.4 Å². The summed E-state index contributed by atoms with van der Waals surface area (Å²) >= 11 is 4.59. The molecule has 0 spiro atoms. The average molecular weight is 408 g/mol. The predicted octanol–water partition coefficient (Wildman–Crippen LogP) is 4.58. The molecule has 2 heteroatoms. The van der Waals surface area contributed by atoms with E-state index < -0.39 is 0 Å². The fraction of sp³-hybridized carbons (Fsp3) is 0. The van der Waals surface area contributed by atoms with Gasteiger partial charge in [0.05, 0.1) is 0 Å². The van der Waals surface area contributed by atoms with Crippen LogP contribution in [0.3, 0.4) is 0 Å². The zero-order chi connectivity index (χ0) is 10.2. The van der Waals surface area contributed by atoms with Gasteiger partial charge < -0.3 is 0 Å². The maximum atomic E-state index is 2.29. The zero-order valence-electron chi connectivity index (χ0n) is 7.53. The molecule has 2 rings (SSSR count). The first-order valence-electron chi connectivity index (χ1n) is 4.20. The smallest absolute Gasteiger partial charge is 0.0131 e. The quantitative estimate of drug-likeness (QED) is 0.560. The lowest BCUT2D eigenvalue weighted by atomic mass is 10.4. The van der Waals surface area contributed by atoms with Crippen LogP contribution in [0.1, 0.15) is 0 Å². The third-order valence-corrected chi connectivity index (χ3v) is 2.91. The minimum atomic E-state index is 1.29. The number of hydrogen-bond donors (Lipinski definition) is 0. The molecule has 0 aliphatic rings. The molecule has 2 aromatic rings. The monoisotopic (exact) mass is 408 g/mol. The van der Waals surface area contributed by atoms with Crippen molar-refractivity contribution in [2.45, 2.75) is 0 Å². The van der Waals surface area contributed by atoms with Crippen molar-refractivity contribution >= 4 is 45.2 Å². The van der Waals surface area contributed by atoms with E-state index in [4.69, 9.17) is 0 Å². The van der Waals surface area contributed by atoms with Crippen LogP contribution in [0.2, 0.25) is 0 Å². The molecule has 0 aliphatic heterocycles. The van der Waals surface area contributed by atoms with Crippen LogP contribution in [-0.2, 0) is 0 Å². The predicted molar refractivity (Wildman–Crippen MR) is 78.3 cm³/mol. The third kappa shape index (κ3) is 5.59. The van der Waals surface area contributed by atoms with Crippen molar-refractivity contribution in [3.05, 3.63) is 67.8 Å². The Labute approximate surface area is 112 Å². The fourth-order valence-electron chi connectivity index (χ4n) is 0.814. The van der Waals surface area contributed by atoms with Crippen LogP contribution >= 0.6 is 45.2 Å². The highest BCUT2D eigenvalue weighted by Gasteiger charge is 1.82. The van der Waals surface area contributed by atoms with E-state index in [1.807, 2.05) is 36.4 Å². The SMILES string of the molecule is Ic1ccc(I)cc1.c1ccccc1. The first-order valence-corrected chi connectivity index (χ1v) is 6.36. The van der Waals surface area contributed by atoms with Gasteiger partial charge in [-0.3, -0.25) is 0 Å². The molecule has 0 heterocycles. The second kappa shape index (κ2) is 7.23. The normalized spacial score (nSPS) is 8.71. The van der Waals surface area contributed by atoms with Crippen molar-refractivity contribution in [1.82, 2.24) is 0 Å². The molecule has 0 saturated heterocycles. The van der Waals surface area contributed by atoms with Gasteiger partial charge in [0.25, 0.3) is 0 Å². The molecule has 0 bridgehead atoms. The second-order valence-corrected chi connectivity index (χ2v) is 5.08. The number of benzene rings is 2. The lowest BCUT2D eigenvalue weighted by Gasteiger charge is -1.87. The molecule has 0 atom stereocenters. The molecule has 72 valence electrons. The molecule has 0 unspecified atom stereocenters. The van der Waals surface area contributed by atoms with Crippen LogP contribution in [-0.4, -0.2) is 0 Å². The lowest BCUT2D eigenvalue weighted by Crippen LogP contribution is -1.68. The van der Waals surface area contributed by atoms with Crippen LogP contribution in [0, 0.1) is 7.14 Å². The van der Waals surface area contributed by atoms with Crippen molar-refractivity contribution in [3.8, 4) is 0 Å². The number of halogens is 2. The standard InChI is InChI=1S/C6H4I2.C6H6/c7-5-1-2-6(8)4-3-5;1-2-4-6-5-3-1/h1-4H;1-6H. The summed E-state index contributed by atoms with van der Waals surface area (Å²) in [4.78, 5) is 0. The summed E-state index contributed by atoms with van der Waals surface area (Å²) < 4.78 is 2.59. The van der Waals surface area contributed by atoms with Gasteiger partial charge >= 0.3 is 0 Å². The Morgan fingerprint density at radius 2 is 0.714 bits per heavy atom. The lowest BCUT2D eigenvalue weighted by molar-refractivity contribution is 1.60. The van der Waals surface area contributed by atoms with Crippen molar-refractivity contribution in [3.63, 3.8) is 0 Å². The molecule has 0 aromatic heterocycles. The van der Waals surface area contributed by atoms with E-state index >= 15 is 0 Å². The van der Waals surface area contributed by atoms with Crippen LogP contribution in [0.15, 0.2) is 60.7 Å². The first-order chi connectivity index (χ1) is 6.79. The molecule has 0 aliphatic carbocycles. The second-order valence-electron chi connectivity index (χ2n) is 2.59. The topological polar surface area (TPSA) is 0 Å². The first kappa shape index (κ1) is 12.0. The summed E-state index contributed by atoms with van der Waals surface area (Å²) in [5, 5.41) is 0. The molecule has 0 N–H and O–H groups in total. The fourth-order valence-corrected chi connectivity index (χ4v) is 1.53. The van der Waals surface area contributed by atoms with Crippen LogP contribution in [0.25, 0.3) is 0 Å². The van der Waals surface area contributed by atoms with Crippen molar-refractivity contribution in [1.29, 1.82) is 0 Å². The maximum absolute atomic E-state index is 2.29. The van der Waals surface area contributed by atoms with E-state index in [0.29, 0.717) is 0 Å². The van der Waals surface area contributed by atoms with Gasteiger partial charge in [-0.25, -0.2) is 0 Å². The Morgan fingerprint density at radius 3 is 0.929 bits per heavy atom. The summed E-state index contributed by atoms with van der Waals surface area (Å²) in [5.74, 6) is 0.